The zero-order valence-electron chi connectivity index (χ0n) is 12.5. The second kappa shape index (κ2) is 7.22. The molecule has 1 saturated heterocycles. The fourth-order valence-corrected chi connectivity index (χ4v) is 4.31. The van der Waals surface area contributed by atoms with Crippen molar-refractivity contribution < 1.29 is 13.2 Å². The van der Waals surface area contributed by atoms with Gasteiger partial charge in [-0.25, -0.2) is 8.42 Å². The van der Waals surface area contributed by atoms with Crippen LogP contribution in [0.2, 0.25) is 0 Å². The van der Waals surface area contributed by atoms with Crippen LogP contribution in [0.5, 0.6) is 0 Å². The van der Waals surface area contributed by atoms with Crippen LogP contribution >= 0.6 is 15.9 Å². The Morgan fingerprint density at radius 1 is 1.33 bits per heavy atom. The lowest BCUT2D eigenvalue weighted by Gasteiger charge is -2.29. The molecule has 0 saturated carbocycles. The highest BCUT2D eigenvalue weighted by Crippen LogP contribution is 2.22. The first kappa shape index (κ1) is 16.9. The molecule has 1 aliphatic rings. The van der Waals surface area contributed by atoms with Crippen molar-refractivity contribution >= 4 is 26.0 Å². The van der Waals surface area contributed by atoms with E-state index in [1.54, 1.807) is 4.31 Å². The molecule has 1 aromatic carbocycles. The van der Waals surface area contributed by atoms with Crippen LogP contribution in [-0.2, 0) is 21.3 Å². The van der Waals surface area contributed by atoms with E-state index < -0.39 is 10.0 Å². The smallest absolute Gasteiger partial charge is 0.217 e. The van der Waals surface area contributed by atoms with Gasteiger partial charge in [-0.3, -0.25) is 0 Å². The lowest BCUT2D eigenvalue weighted by atomic mass is 10.0. The summed E-state index contributed by atoms with van der Waals surface area (Å²) in [6.07, 6.45) is 0.815. The van der Waals surface area contributed by atoms with Crippen LogP contribution in [0.4, 0.5) is 0 Å². The number of nitrogens with zero attached hydrogens (tertiary/aromatic N) is 1. The monoisotopic (exact) mass is 375 g/mol. The van der Waals surface area contributed by atoms with Crippen molar-refractivity contribution in [3.05, 3.63) is 34.3 Å². The minimum absolute atomic E-state index is 0.0676. The molecular formula is C15H22BrNO3S. The predicted molar refractivity (Wildman–Crippen MR) is 87.5 cm³/mol. The average molecular weight is 376 g/mol. The Kier molecular flexibility index (Phi) is 5.82. The van der Waals surface area contributed by atoms with Gasteiger partial charge < -0.3 is 4.74 Å². The molecule has 6 heteroatoms. The Balaban J connectivity index is 2.24. The van der Waals surface area contributed by atoms with E-state index in [-0.39, 0.29) is 18.4 Å². The Morgan fingerprint density at radius 3 is 2.62 bits per heavy atom. The molecule has 0 aliphatic carbocycles. The number of sulfonamides is 1. The first-order valence-corrected chi connectivity index (χ1v) is 9.60. The van der Waals surface area contributed by atoms with Crippen molar-refractivity contribution in [3.8, 4) is 0 Å². The van der Waals surface area contributed by atoms with E-state index in [1.165, 1.54) is 0 Å². The maximum Gasteiger partial charge on any atom is 0.217 e. The molecule has 1 fully saturated rings. The molecule has 0 aromatic heterocycles. The molecule has 0 radical (unpaired) electrons. The van der Waals surface area contributed by atoms with Crippen molar-refractivity contribution in [2.45, 2.75) is 32.9 Å². The largest absolute Gasteiger partial charge is 0.379 e. The molecule has 2 rings (SSSR count). The number of hydrogen-bond acceptors (Lipinski definition) is 3. The maximum absolute atomic E-state index is 12.5. The summed E-state index contributed by atoms with van der Waals surface area (Å²) in [6, 6.07) is 7.71. The molecule has 0 N–H and O–H groups in total. The molecule has 118 valence electrons. The van der Waals surface area contributed by atoms with Crippen molar-refractivity contribution in [1.82, 2.24) is 4.31 Å². The average Bonchev–Trinajstić information content (AvgIpc) is 2.53. The molecule has 1 aromatic rings. The number of rotatable bonds is 4. The van der Waals surface area contributed by atoms with Crippen LogP contribution in [0.25, 0.3) is 0 Å². The third-order valence-electron chi connectivity index (χ3n) is 3.56. The van der Waals surface area contributed by atoms with Crippen LogP contribution in [0.1, 0.15) is 25.8 Å². The van der Waals surface area contributed by atoms with Crippen LogP contribution in [0, 0.1) is 5.92 Å². The Labute approximate surface area is 135 Å². The highest BCUT2D eigenvalue weighted by molar-refractivity contribution is 9.10. The van der Waals surface area contributed by atoms with Crippen LogP contribution in [-0.4, -0.2) is 37.7 Å². The minimum atomic E-state index is -3.27. The molecule has 0 amide bonds. The number of hydrogen-bond donors (Lipinski definition) is 0. The minimum Gasteiger partial charge on any atom is -0.379 e. The van der Waals surface area contributed by atoms with E-state index in [0.29, 0.717) is 19.1 Å². The van der Waals surface area contributed by atoms with Gasteiger partial charge in [-0.2, -0.15) is 4.31 Å². The van der Waals surface area contributed by atoms with E-state index >= 15 is 0 Å². The number of ether oxygens (including phenoxy) is 1. The third kappa shape index (κ3) is 4.77. The maximum atomic E-state index is 12.5. The summed E-state index contributed by atoms with van der Waals surface area (Å²) >= 11 is 3.40. The standard InChI is InChI=1S/C15H22BrNO3S/c1-12(2)9-15-11-20-7-8-21(18,19)17(15)10-13-3-5-14(16)6-4-13/h3-6,12,15H,7-11H2,1-2H3/t15-/m0/s1. The zero-order chi connectivity index (χ0) is 15.5. The third-order valence-corrected chi connectivity index (χ3v) is 5.91. The van der Waals surface area contributed by atoms with E-state index in [2.05, 4.69) is 29.8 Å². The molecule has 0 unspecified atom stereocenters. The van der Waals surface area contributed by atoms with Gasteiger partial charge in [-0.05, 0) is 30.0 Å². The van der Waals surface area contributed by atoms with Gasteiger partial charge in [0.05, 0.1) is 19.0 Å². The van der Waals surface area contributed by atoms with Gasteiger partial charge >= 0.3 is 0 Å². The summed E-state index contributed by atoms with van der Waals surface area (Å²) in [6.45, 7) is 5.39. The van der Waals surface area contributed by atoms with E-state index in [0.717, 1.165) is 16.5 Å². The van der Waals surface area contributed by atoms with Crippen LogP contribution in [0.15, 0.2) is 28.7 Å². The molecule has 1 heterocycles. The fourth-order valence-electron chi connectivity index (χ4n) is 2.54. The van der Waals surface area contributed by atoms with Gasteiger partial charge in [0.15, 0.2) is 0 Å². The highest BCUT2D eigenvalue weighted by Gasteiger charge is 2.33. The first-order valence-electron chi connectivity index (χ1n) is 7.20. The molecule has 0 bridgehead atoms. The summed E-state index contributed by atoms with van der Waals surface area (Å²) in [5.74, 6) is 0.498. The summed E-state index contributed by atoms with van der Waals surface area (Å²) in [5, 5.41) is 0. The van der Waals surface area contributed by atoms with Crippen LogP contribution in [0.3, 0.4) is 0 Å². The van der Waals surface area contributed by atoms with Gasteiger partial charge in [0.2, 0.25) is 10.0 Å². The second-order valence-electron chi connectivity index (χ2n) is 5.85. The molecule has 1 atom stereocenters. The fraction of sp³-hybridized carbons (Fsp3) is 0.600. The summed E-state index contributed by atoms with van der Waals surface area (Å²) in [7, 11) is -3.27. The van der Waals surface area contributed by atoms with Crippen molar-refractivity contribution in [2.24, 2.45) is 5.92 Å². The van der Waals surface area contributed by atoms with Gasteiger partial charge in [0.25, 0.3) is 0 Å². The topological polar surface area (TPSA) is 46.6 Å². The van der Waals surface area contributed by atoms with E-state index in [1.807, 2.05) is 24.3 Å². The van der Waals surface area contributed by atoms with Gasteiger partial charge in [0.1, 0.15) is 0 Å². The van der Waals surface area contributed by atoms with Gasteiger partial charge in [-0.15, -0.1) is 0 Å². The lowest BCUT2D eigenvalue weighted by molar-refractivity contribution is 0.100. The molecule has 0 spiro atoms. The number of halogens is 1. The molecule has 4 nitrogen and oxygen atoms in total. The molecular weight excluding hydrogens is 354 g/mol. The highest BCUT2D eigenvalue weighted by atomic mass is 79.9. The second-order valence-corrected chi connectivity index (χ2v) is 8.80. The quantitative estimate of drug-likeness (QED) is 0.812. The lowest BCUT2D eigenvalue weighted by Crippen LogP contribution is -2.42. The van der Waals surface area contributed by atoms with Crippen molar-refractivity contribution in [2.75, 3.05) is 19.0 Å². The van der Waals surface area contributed by atoms with Gasteiger partial charge in [0, 0.05) is 17.1 Å². The Morgan fingerprint density at radius 2 is 2.00 bits per heavy atom. The van der Waals surface area contributed by atoms with Gasteiger partial charge in [-0.1, -0.05) is 41.9 Å². The zero-order valence-corrected chi connectivity index (χ0v) is 14.9. The summed E-state index contributed by atoms with van der Waals surface area (Å²) < 4.78 is 33.1. The number of benzene rings is 1. The predicted octanol–water partition coefficient (Wildman–Crippen LogP) is 3.03. The van der Waals surface area contributed by atoms with Crippen LogP contribution < -0.4 is 0 Å². The Hall–Kier alpha value is -0.430. The SMILES string of the molecule is CC(C)C[C@H]1COCCS(=O)(=O)N1Cc1ccc(Br)cc1. The van der Waals surface area contributed by atoms with Crippen molar-refractivity contribution in [3.63, 3.8) is 0 Å². The van der Waals surface area contributed by atoms with E-state index in [4.69, 9.17) is 4.74 Å². The van der Waals surface area contributed by atoms with Crippen molar-refractivity contribution in [1.29, 1.82) is 0 Å². The first-order chi connectivity index (χ1) is 9.88. The normalized spacial score (nSPS) is 23.1. The Bertz CT molecular complexity index is 557. The van der Waals surface area contributed by atoms with E-state index in [9.17, 15) is 8.42 Å². The summed E-state index contributed by atoms with van der Waals surface area (Å²) in [5.41, 5.74) is 0.998. The molecule has 21 heavy (non-hydrogen) atoms. The molecule has 1 aliphatic heterocycles. The summed E-state index contributed by atoms with van der Waals surface area (Å²) in [4.78, 5) is 0.